The van der Waals surface area contributed by atoms with E-state index in [-0.39, 0.29) is 24.3 Å². The molecule has 2 atom stereocenters. The van der Waals surface area contributed by atoms with E-state index in [9.17, 15) is 4.79 Å². The van der Waals surface area contributed by atoms with Gasteiger partial charge in [-0.05, 0) is 31.6 Å². The monoisotopic (exact) mass is 389 g/mol. The number of halogens is 1. The minimum Gasteiger partial charge on any atom is -0.453 e. The van der Waals surface area contributed by atoms with Gasteiger partial charge in [-0.3, -0.25) is 4.79 Å². The van der Waals surface area contributed by atoms with Crippen LogP contribution in [0.25, 0.3) is 0 Å². The molecular weight excluding hydrogens is 358 g/mol. The first-order valence-corrected chi connectivity index (χ1v) is 9.44. The molecule has 27 heavy (non-hydrogen) atoms. The van der Waals surface area contributed by atoms with Gasteiger partial charge in [-0.2, -0.15) is 0 Å². The molecule has 3 nitrogen and oxygen atoms in total. The fourth-order valence-electron chi connectivity index (χ4n) is 3.53. The molecule has 2 rings (SSSR count). The molecule has 0 heterocycles. The highest BCUT2D eigenvalue weighted by molar-refractivity contribution is 5.85. The number of carbonyl (C=O) groups excluding carboxylic acids is 1. The molecular formula is C23H32ClNO2. The first-order valence-electron chi connectivity index (χ1n) is 9.44. The molecule has 2 aromatic rings. The Hall–Kier alpha value is -1.84. The molecule has 0 aliphatic carbocycles. The summed E-state index contributed by atoms with van der Waals surface area (Å²) in [5.41, 5.74) is 1.55. The van der Waals surface area contributed by atoms with Crippen LogP contribution >= 0.6 is 12.4 Å². The summed E-state index contributed by atoms with van der Waals surface area (Å²) in [4.78, 5) is 14.7. The van der Waals surface area contributed by atoms with Crippen molar-refractivity contribution >= 4 is 18.4 Å². The van der Waals surface area contributed by atoms with Crippen LogP contribution in [-0.4, -0.2) is 31.5 Å². The van der Waals surface area contributed by atoms with E-state index in [1.165, 1.54) is 5.56 Å². The van der Waals surface area contributed by atoms with Crippen LogP contribution in [0.15, 0.2) is 60.7 Å². The fourth-order valence-corrected chi connectivity index (χ4v) is 3.53. The Morgan fingerprint density at radius 1 is 1.04 bits per heavy atom. The molecule has 0 aliphatic rings. The zero-order valence-corrected chi connectivity index (χ0v) is 17.7. The zero-order chi connectivity index (χ0) is 19.0. The standard InChI is InChI=1S/C23H31NO2.ClH/c1-5-12-22(25)26-23(19(2)18-24(3)4,21-15-10-7-11-16-21)17-20-13-8-6-9-14-20;/h6-11,13-16,19H,5,12,17-18H2,1-4H3;1H/t19-,23+;/m1./s1. The third-order valence-corrected chi connectivity index (χ3v) is 4.76. The van der Waals surface area contributed by atoms with Crippen LogP contribution in [0.4, 0.5) is 0 Å². The summed E-state index contributed by atoms with van der Waals surface area (Å²) in [5, 5.41) is 0. The molecule has 0 unspecified atom stereocenters. The number of ether oxygens (including phenoxy) is 1. The van der Waals surface area contributed by atoms with Gasteiger partial charge >= 0.3 is 5.97 Å². The average Bonchev–Trinajstić information content (AvgIpc) is 2.62. The Morgan fingerprint density at radius 2 is 1.59 bits per heavy atom. The Balaban J connectivity index is 0.00000364. The van der Waals surface area contributed by atoms with Crippen molar-refractivity contribution in [3.63, 3.8) is 0 Å². The Kier molecular flexibility index (Phi) is 9.54. The lowest BCUT2D eigenvalue weighted by Crippen LogP contribution is -2.44. The number of benzene rings is 2. The van der Waals surface area contributed by atoms with Gasteiger partial charge in [-0.1, -0.05) is 74.5 Å². The molecule has 0 aromatic heterocycles. The Labute approximate surface area is 170 Å². The molecule has 0 saturated heterocycles. The van der Waals surface area contributed by atoms with Crippen molar-refractivity contribution < 1.29 is 9.53 Å². The minimum atomic E-state index is -0.681. The van der Waals surface area contributed by atoms with Crippen molar-refractivity contribution in [1.82, 2.24) is 4.90 Å². The van der Waals surface area contributed by atoms with E-state index < -0.39 is 5.60 Å². The normalized spacial score (nSPS) is 14.1. The number of hydrogen-bond acceptors (Lipinski definition) is 3. The Morgan fingerprint density at radius 3 is 2.11 bits per heavy atom. The lowest BCUT2D eigenvalue weighted by Gasteiger charge is -2.40. The van der Waals surface area contributed by atoms with Crippen molar-refractivity contribution in [3.05, 3.63) is 71.8 Å². The maximum Gasteiger partial charge on any atom is 0.306 e. The molecule has 0 bridgehead atoms. The summed E-state index contributed by atoms with van der Waals surface area (Å²) >= 11 is 0. The average molecular weight is 390 g/mol. The van der Waals surface area contributed by atoms with Crippen LogP contribution in [-0.2, 0) is 21.6 Å². The molecule has 0 radical (unpaired) electrons. The zero-order valence-electron chi connectivity index (χ0n) is 16.9. The number of hydrogen-bond donors (Lipinski definition) is 0. The summed E-state index contributed by atoms with van der Waals surface area (Å²) in [7, 11) is 4.12. The quantitative estimate of drug-likeness (QED) is 0.559. The summed E-state index contributed by atoms with van der Waals surface area (Å²) < 4.78 is 6.27. The minimum absolute atomic E-state index is 0. The maximum atomic E-state index is 12.6. The van der Waals surface area contributed by atoms with Crippen LogP contribution in [0.3, 0.4) is 0 Å². The van der Waals surface area contributed by atoms with Crippen LogP contribution < -0.4 is 0 Å². The second kappa shape index (κ2) is 11.1. The number of esters is 1. The van der Waals surface area contributed by atoms with Gasteiger partial charge in [-0.25, -0.2) is 0 Å². The predicted molar refractivity (Wildman–Crippen MR) is 114 cm³/mol. The highest BCUT2D eigenvalue weighted by Gasteiger charge is 2.42. The largest absolute Gasteiger partial charge is 0.453 e. The lowest BCUT2D eigenvalue weighted by atomic mass is 9.77. The van der Waals surface area contributed by atoms with E-state index in [4.69, 9.17) is 4.74 Å². The maximum absolute atomic E-state index is 12.6. The van der Waals surface area contributed by atoms with Gasteiger partial charge in [0.2, 0.25) is 0 Å². The molecule has 0 aliphatic heterocycles. The first kappa shape index (κ1) is 23.2. The van der Waals surface area contributed by atoms with Gasteiger partial charge in [0, 0.05) is 25.3 Å². The van der Waals surface area contributed by atoms with Crippen molar-refractivity contribution in [1.29, 1.82) is 0 Å². The van der Waals surface area contributed by atoms with E-state index in [1.54, 1.807) is 0 Å². The SMILES string of the molecule is CCCC(=O)O[C@](Cc1ccccc1)(c1ccccc1)[C@H](C)CN(C)C.Cl. The second-order valence-corrected chi connectivity index (χ2v) is 7.31. The second-order valence-electron chi connectivity index (χ2n) is 7.31. The van der Waals surface area contributed by atoms with E-state index in [0.29, 0.717) is 12.8 Å². The summed E-state index contributed by atoms with van der Waals surface area (Å²) in [5.74, 6) is 0.0128. The summed E-state index contributed by atoms with van der Waals surface area (Å²) in [6.07, 6.45) is 1.90. The van der Waals surface area contributed by atoms with Gasteiger partial charge in [0.15, 0.2) is 0 Å². The van der Waals surface area contributed by atoms with Crippen molar-refractivity contribution in [3.8, 4) is 0 Å². The van der Waals surface area contributed by atoms with Gasteiger partial charge < -0.3 is 9.64 Å². The predicted octanol–water partition coefficient (Wildman–Crippen LogP) is 5.09. The van der Waals surface area contributed by atoms with Crippen LogP contribution in [0, 0.1) is 5.92 Å². The van der Waals surface area contributed by atoms with Gasteiger partial charge in [0.1, 0.15) is 5.60 Å². The van der Waals surface area contributed by atoms with Gasteiger partial charge in [0.05, 0.1) is 0 Å². The molecule has 0 fully saturated rings. The van der Waals surface area contributed by atoms with Crippen LogP contribution in [0.2, 0.25) is 0 Å². The van der Waals surface area contributed by atoms with E-state index in [1.807, 2.05) is 43.3 Å². The first-order chi connectivity index (χ1) is 12.5. The highest BCUT2D eigenvalue weighted by atomic mass is 35.5. The third-order valence-electron chi connectivity index (χ3n) is 4.76. The van der Waals surface area contributed by atoms with E-state index in [0.717, 1.165) is 18.5 Å². The van der Waals surface area contributed by atoms with Gasteiger partial charge in [0.25, 0.3) is 0 Å². The van der Waals surface area contributed by atoms with E-state index >= 15 is 0 Å². The molecule has 148 valence electrons. The van der Waals surface area contributed by atoms with Crippen LogP contribution in [0.1, 0.15) is 37.8 Å². The smallest absolute Gasteiger partial charge is 0.306 e. The number of rotatable bonds is 9. The van der Waals surface area contributed by atoms with Crippen molar-refractivity contribution in [2.45, 2.75) is 38.7 Å². The lowest BCUT2D eigenvalue weighted by molar-refractivity contribution is -0.168. The van der Waals surface area contributed by atoms with E-state index in [2.05, 4.69) is 50.2 Å². The van der Waals surface area contributed by atoms with Gasteiger partial charge in [-0.15, -0.1) is 12.4 Å². The molecule has 0 N–H and O–H groups in total. The molecule has 0 spiro atoms. The summed E-state index contributed by atoms with van der Waals surface area (Å²) in [6.45, 7) is 5.02. The van der Waals surface area contributed by atoms with Crippen molar-refractivity contribution in [2.24, 2.45) is 5.92 Å². The van der Waals surface area contributed by atoms with Crippen molar-refractivity contribution in [2.75, 3.05) is 20.6 Å². The molecule has 4 heteroatoms. The number of carbonyl (C=O) groups is 1. The third kappa shape index (κ3) is 6.37. The topological polar surface area (TPSA) is 29.5 Å². The Bertz CT molecular complexity index is 675. The van der Waals surface area contributed by atoms with Crippen LogP contribution in [0.5, 0.6) is 0 Å². The number of nitrogens with zero attached hydrogens (tertiary/aromatic N) is 1. The highest BCUT2D eigenvalue weighted by Crippen LogP contribution is 2.38. The molecule has 2 aromatic carbocycles. The molecule has 0 saturated carbocycles. The summed E-state index contributed by atoms with van der Waals surface area (Å²) in [6, 6.07) is 20.5. The molecule has 0 amide bonds. The fraction of sp³-hybridized carbons (Fsp3) is 0.435.